The number of hydrogen-bond acceptors (Lipinski definition) is 15. The largest absolute Gasteiger partial charge is 0.472 e. The molecule has 4 aliphatic heterocycles. The summed E-state index contributed by atoms with van der Waals surface area (Å²) < 4.78 is 40.7. The van der Waals surface area contributed by atoms with E-state index in [4.69, 9.17) is 33.2 Å². The molecule has 16 atom stereocenters. The molecule has 6 rings (SSSR count). The Morgan fingerprint density at radius 3 is 2.36 bits per heavy atom. The number of carbonyl (C=O) groups is 1. The summed E-state index contributed by atoms with van der Waals surface area (Å²) in [5, 5.41) is 72.2. The SMILES string of the molecule is C[C@H]1O[C@@H](O[C@@H]2[C@H]3C=CO[C@@H](O[C@H]4O[C@H](CO)[C@@H](O)[C@H](O)[C@H]4O)[C@@H]3[C@]3(CO)O[C@@H]23)[C@H](OC(=O)C=Cc2ccccc2)[C@H](O)[C@H]1O. The highest BCUT2D eigenvalue weighted by Crippen LogP contribution is 2.61. The third kappa shape index (κ3) is 5.93. The van der Waals surface area contributed by atoms with Crippen molar-refractivity contribution in [3.05, 3.63) is 54.3 Å². The van der Waals surface area contributed by atoms with Crippen LogP contribution < -0.4 is 0 Å². The first-order valence-corrected chi connectivity index (χ1v) is 14.8. The Morgan fingerprint density at radius 1 is 0.889 bits per heavy atom. The zero-order valence-electron chi connectivity index (χ0n) is 24.2. The van der Waals surface area contributed by atoms with Crippen LogP contribution in [0.15, 0.2) is 48.7 Å². The number of esters is 1. The van der Waals surface area contributed by atoms with Crippen molar-refractivity contribution in [3.8, 4) is 0 Å². The average molecular weight is 639 g/mol. The fraction of sp³-hybridized carbons (Fsp3) is 0.633. The van der Waals surface area contributed by atoms with Crippen molar-refractivity contribution < 1.29 is 73.7 Å². The molecule has 0 amide bonds. The molecule has 248 valence electrons. The number of aliphatic hydroxyl groups is 7. The van der Waals surface area contributed by atoms with E-state index in [0.717, 1.165) is 5.56 Å². The minimum Gasteiger partial charge on any atom is -0.472 e. The number of hydrogen-bond donors (Lipinski definition) is 7. The molecule has 1 aromatic rings. The van der Waals surface area contributed by atoms with E-state index in [9.17, 15) is 40.5 Å². The Morgan fingerprint density at radius 2 is 1.64 bits per heavy atom. The van der Waals surface area contributed by atoms with E-state index in [0.29, 0.717) is 0 Å². The predicted octanol–water partition coefficient (Wildman–Crippen LogP) is -2.47. The third-order valence-electron chi connectivity index (χ3n) is 9.14. The van der Waals surface area contributed by atoms with E-state index in [1.807, 2.05) is 6.07 Å². The van der Waals surface area contributed by atoms with E-state index in [1.54, 1.807) is 30.3 Å². The van der Waals surface area contributed by atoms with Crippen molar-refractivity contribution in [1.29, 1.82) is 0 Å². The van der Waals surface area contributed by atoms with Gasteiger partial charge >= 0.3 is 5.97 Å². The van der Waals surface area contributed by atoms with Crippen LogP contribution in [0.3, 0.4) is 0 Å². The van der Waals surface area contributed by atoms with Gasteiger partial charge in [0, 0.05) is 12.0 Å². The maximum atomic E-state index is 12.7. The lowest BCUT2D eigenvalue weighted by atomic mass is 9.85. The Hall–Kier alpha value is -2.51. The van der Waals surface area contributed by atoms with Crippen molar-refractivity contribution in [2.24, 2.45) is 11.8 Å². The van der Waals surface area contributed by atoms with E-state index < -0.39 is 117 Å². The molecule has 0 unspecified atom stereocenters. The molecule has 4 heterocycles. The van der Waals surface area contributed by atoms with Crippen LogP contribution in [0.1, 0.15) is 12.5 Å². The molecule has 0 bridgehead atoms. The summed E-state index contributed by atoms with van der Waals surface area (Å²) in [7, 11) is 0. The molecule has 45 heavy (non-hydrogen) atoms. The fourth-order valence-electron chi connectivity index (χ4n) is 6.60. The van der Waals surface area contributed by atoms with Gasteiger partial charge in [0.2, 0.25) is 6.29 Å². The average Bonchev–Trinajstić information content (AvgIpc) is 3.72. The van der Waals surface area contributed by atoms with Crippen molar-refractivity contribution in [3.63, 3.8) is 0 Å². The number of ether oxygens (including phenoxy) is 7. The van der Waals surface area contributed by atoms with Gasteiger partial charge in [-0.1, -0.05) is 30.3 Å². The second kappa shape index (κ2) is 12.9. The molecule has 4 fully saturated rings. The number of benzene rings is 1. The maximum Gasteiger partial charge on any atom is 0.331 e. The summed E-state index contributed by atoms with van der Waals surface area (Å²) in [4.78, 5) is 12.7. The van der Waals surface area contributed by atoms with Crippen LogP contribution in [-0.2, 0) is 38.0 Å². The number of epoxide rings is 1. The fourth-order valence-corrected chi connectivity index (χ4v) is 6.60. The van der Waals surface area contributed by atoms with E-state index in [-0.39, 0.29) is 0 Å². The standard InChI is InChI=1S/C30H38O15/c1-13-19(34)22(37)25(42-17(33)8-7-14-5-3-2-4-6-14)29(40-13)43-24-15-9-10-39-27(18(15)30(12-32)26(24)45-30)44-28-23(38)21(36)20(35)16(11-31)41-28/h2-10,13,15-16,18-29,31-32,34-38H,11-12H2,1H3/t13-,15+,16-,18-,19+,20-,21+,22-,23-,24-,25-,26+,27+,28-,29+,30+/m1/s1. The minimum atomic E-state index is -1.69. The van der Waals surface area contributed by atoms with Gasteiger partial charge < -0.3 is 68.9 Å². The second-order valence-corrected chi connectivity index (χ2v) is 11.9. The van der Waals surface area contributed by atoms with Gasteiger partial charge in [0.25, 0.3) is 0 Å². The Bertz CT molecular complexity index is 1240. The molecule has 1 aliphatic carbocycles. The maximum absolute atomic E-state index is 12.7. The Kier molecular flexibility index (Phi) is 9.33. The lowest BCUT2D eigenvalue weighted by molar-refractivity contribution is -0.347. The normalized spacial score (nSPS) is 47.2. The second-order valence-electron chi connectivity index (χ2n) is 11.9. The number of aliphatic hydroxyl groups excluding tert-OH is 7. The highest BCUT2D eigenvalue weighted by atomic mass is 16.8. The minimum absolute atomic E-state index is 0.476. The van der Waals surface area contributed by atoms with Crippen LogP contribution in [0.5, 0.6) is 0 Å². The van der Waals surface area contributed by atoms with Gasteiger partial charge in [-0.15, -0.1) is 0 Å². The van der Waals surface area contributed by atoms with Crippen LogP contribution >= 0.6 is 0 Å². The first-order valence-electron chi connectivity index (χ1n) is 14.8. The smallest absolute Gasteiger partial charge is 0.331 e. The Labute approximate surface area is 257 Å². The summed E-state index contributed by atoms with van der Waals surface area (Å²) >= 11 is 0. The third-order valence-corrected chi connectivity index (χ3v) is 9.14. The molecule has 15 nitrogen and oxygen atoms in total. The van der Waals surface area contributed by atoms with E-state index in [2.05, 4.69) is 0 Å². The van der Waals surface area contributed by atoms with E-state index in [1.165, 1.54) is 25.3 Å². The zero-order valence-corrected chi connectivity index (χ0v) is 24.2. The van der Waals surface area contributed by atoms with Gasteiger partial charge in [0.05, 0.1) is 37.6 Å². The predicted molar refractivity (Wildman–Crippen MR) is 147 cm³/mol. The molecule has 0 radical (unpaired) electrons. The molecule has 1 aromatic carbocycles. The van der Waals surface area contributed by atoms with Crippen LogP contribution in [-0.4, -0.2) is 140 Å². The summed E-state index contributed by atoms with van der Waals surface area (Å²) in [5.74, 6) is -2.12. The Balaban J connectivity index is 1.19. The van der Waals surface area contributed by atoms with Gasteiger partial charge in [-0.3, -0.25) is 0 Å². The quantitative estimate of drug-likeness (QED) is 0.0845. The van der Waals surface area contributed by atoms with Crippen LogP contribution in [0.4, 0.5) is 0 Å². The molecular formula is C30H38O15. The zero-order chi connectivity index (χ0) is 32.0. The number of carbonyl (C=O) groups excluding carboxylic acids is 1. The monoisotopic (exact) mass is 638 g/mol. The van der Waals surface area contributed by atoms with Gasteiger partial charge in [-0.25, -0.2) is 4.79 Å². The molecule has 7 N–H and O–H groups in total. The van der Waals surface area contributed by atoms with Crippen molar-refractivity contribution in [2.45, 2.75) is 92.4 Å². The van der Waals surface area contributed by atoms with Crippen LogP contribution in [0.2, 0.25) is 0 Å². The topological polar surface area (TPSA) is 227 Å². The first kappa shape index (κ1) is 32.4. The van der Waals surface area contributed by atoms with Crippen molar-refractivity contribution in [2.75, 3.05) is 13.2 Å². The lowest BCUT2D eigenvalue weighted by Crippen LogP contribution is -2.61. The first-order chi connectivity index (χ1) is 21.6. The highest BCUT2D eigenvalue weighted by Gasteiger charge is 2.77. The van der Waals surface area contributed by atoms with Crippen molar-refractivity contribution >= 4 is 12.0 Å². The molecule has 3 saturated heterocycles. The van der Waals surface area contributed by atoms with Gasteiger partial charge in [0.1, 0.15) is 48.3 Å². The van der Waals surface area contributed by atoms with Crippen LogP contribution in [0, 0.1) is 11.8 Å². The number of rotatable bonds is 9. The molecule has 15 heteroatoms. The molecule has 1 saturated carbocycles. The molecule has 0 spiro atoms. The summed E-state index contributed by atoms with van der Waals surface area (Å²) in [5.41, 5.74) is -0.478. The van der Waals surface area contributed by atoms with E-state index >= 15 is 0 Å². The van der Waals surface area contributed by atoms with Gasteiger partial charge in [-0.05, 0) is 24.6 Å². The summed E-state index contributed by atoms with van der Waals surface area (Å²) in [6.07, 6.45) is -11.4. The highest BCUT2D eigenvalue weighted by molar-refractivity contribution is 5.87. The summed E-state index contributed by atoms with van der Waals surface area (Å²) in [6, 6.07) is 9.01. The van der Waals surface area contributed by atoms with Crippen LogP contribution in [0.25, 0.3) is 6.08 Å². The lowest BCUT2D eigenvalue weighted by Gasteiger charge is -2.44. The molecule has 5 aliphatic rings. The summed E-state index contributed by atoms with van der Waals surface area (Å²) in [6.45, 7) is 0.397. The van der Waals surface area contributed by atoms with Crippen molar-refractivity contribution in [1.82, 2.24) is 0 Å². The molecular weight excluding hydrogens is 600 g/mol. The van der Waals surface area contributed by atoms with Gasteiger partial charge in [0.15, 0.2) is 18.7 Å². The number of fused-ring (bicyclic) bond motifs is 3. The van der Waals surface area contributed by atoms with Gasteiger partial charge in [-0.2, -0.15) is 0 Å². The molecule has 0 aromatic heterocycles.